The van der Waals surface area contributed by atoms with Gasteiger partial charge in [0, 0.05) is 17.7 Å². The van der Waals surface area contributed by atoms with Gasteiger partial charge in [0.1, 0.15) is 0 Å². The van der Waals surface area contributed by atoms with E-state index in [9.17, 15) is 9.18 Å². The van der Waals surface area contributed by atoms with E-state index < -0.39 is 5.82 Å². The van der Waals surface area contributed by atoms with Crippen LogP contribution in [0.15, 0.2) is 36.4 Å². The normalized spacial score (nSPS) is 14.5. The van der Waals surface area contributed by atoms with Crippen molar-refractivity contribution in [2.45, 2.75) is 13.8 Å². The number of carbonyl (C=O) groups is 1. The van der Waals surface area contributed by atoms with Crippen LogP contribution in [0.5, 0.6) is 17.2 Å². The molecule has 27 heavy (non-hydrogen) atoms. The molecule has 0 radical (unpaired) electrons. The molecular weight excluding hydrogens is 371 g/mol. The topological polar surface area (TPSA) is 59.6 Å². The molecule has 1 aliphatic heterocycles. The SMILES string of the molecule is COc1cc(C)ccc1Oc1ccc(NC(=O)C(C)C2CNC2)cc1F.Cl. The highest BCUT2D eigenvalue weighted by Gasteiger charge is 2.28. The molecule has 1 saturated heterocycles. The molecule has 1 unspecified atom stereocenters. The zero-order chi connectivity index (χ0) is 18.7. The standard InChI is InChI=1S/C20H23FN2O3.ClH/c1-12-4-6-18(19(8-12)25-3)26-17-7-5-15(9-16(17)21)23-20(24)13(2)14-10-22-11-14;/h4-9,13-14,22H,10-11H2,1-3H3,(H,23,24);1H. The Morgan fingerprint density at radius 2 is 1.89 bits per heavy atom. The van der Waals surface area contributed by atoms with E-state index in [0.29, 0.717) is 23.1 Å². The first kappa shape index (κ1) is 21.0. The molecule has 1 aliphatic rings. The molecule has 0 aliphatic carbocycles. The van der Waals surface area contributed by atoms with Crippen molar-refractivity contribution in [2.75, 3.05) is 25.5 Å². The minimum absolute atomic E-state index is 0. The Hall–Kier alpha value is -2.31. The molecule has 146 valence electrons. The number of anilines is 1. The molecular formula is C20H24ClFN2O3. The second-order valence-corrected chi connectivity index (χ2v) is 6.60. The summed E-state index contributed by atoms with van der Waals surface area (Å²) in [6.07, 6.45) is 0. The van der Waals surface area contributed by atoms with E-state index in [2.05, 4.69) is 10.6 Å². The van der Waals surface area contributed by atoms with E-state index >= 15 is 0 Å². The largest absolute Gasteiger partial charge is 0.493 e. The summed E-state index contributed by atoms with van der Waals surface area (Å²) in [4.78, 5) is 12.2. The van der Waals surface area contributed by atoms with Gasteiger partial charge in [0.15, 0.2) is 23.1 Å². The van der Waals surface area contributed by atoms with Crippen molar-refractivity contribution in [1.29, 1.82) is 0 Å². The maximum Gasteiger partial charge on any atom is 0.227 e. The molecule has 1 atom stereocenters. The number of hydrogen-bond acceptors (Lipinski definition) is 4. The Morgan fingerprint density at radius 1 is 1.19 bits per heavy atom. The maximum atomic E-state index is 14.4. The average Bonchev–Trinajstić information content (AvgIpc) is 2.57. The first-order chi connectivity index (χ1) is 12.5. The van der Waals surface area contributed by atoms with Crippen LogP contribution in [-0.2, 0) is 4.79 Å². The number of halogens is 2. The van der Waals surface area contributed by atoms with Gasteiger partial charge in [0.2, 0.25) is 5.91 Å². The lowest BCUT2D eigenvalue weighted by Crippen LogP contribution is -2.48. The predicted octanol–water partition coefficient (Wildman–Crippen LogP) is 4.15. The van der Waals surface area contributed by atoms with E-state index in [4.69, 9.17) is 9.47 Å². The minimum Gasteiger partial charge on any atom is -0.493 e. The van der Waals surface area contributed by atoms with Gasteiger partial charge in [-0.3, -0.25) is 4.79 Å². The van der Waals surface area contributed by atoms with Crippen LogP contribution >= 0.6 is 12.4 Å². The summed E-state index contributed by atoms with van der Waals surface area (Å²) in [6.45, 7) is 5.51. The fourth-order valence-electron chi connectivity index (χ4n) is 2.77. The van der Waals surface area contributed by atoms with Crippen molar-refractivity contribution >= 4 is 24.0 Å². The van der Waals surface area contributed by atoms with Crippen molar-refractivity contribution in [3.63, 3.8) is 0 Å². The van der Waals surface area contributed by atoms with Crippen LogP contribution in [-0.4, -0.2) is 26.1 Å². The number of carbonyl (C=O) groups excluding carboxylic acids is 1. The van der Waals surface area contributed by atoms with Gasteiger partial charge < -0.3 is 20.1 Å². The highest BCUT2D eigenvalue weighted by atomic mass is 35.5. The number of nitrogens with one attached hydrogen (secondary N) is 2. The maximum absolute atomic E-state index is 14.4. The van der Waals surface area contributed by atoms with E-state index in [0.717, 1.165) is 18.7 Å². The van der Waals surface area contributed by atoms with Crippen molar-refractivity contribution in [3.8, 4) is 17.2 Å². The van der Waals surface area contributed by atoms with E-state index in [-0.39, 0.29) is 30.0 Å². The summed E-state index contributed by atoms with van der Waals surface area (Å²) < 4.78 is 25.3. The zero-order valence-corrected chi connectivity index (χ0v) is 16.4. The third-order valence-electron chi connectivity index (χ3n) is 4.67. The van der Waals surface area contributed by atoms with Crippen LogP contribution in [0.1, 0.15) is 12.5 Å². The molecule has 2 N–H and O–H groups in total. The van der Waals surface area contributed by atoms with Crippen LogP contribution in [0.2, 0.25) is 0 Å². The van der Waals surface area contributed by atoms with Gasteiger partial charge in [0.25, 0.3) is 0 Å². The van der Waals surface area contributed by atoms with Crippen molar-refractivity contribution in [2.24, 2.45) is 11.8 Å². The van der Waals surface area contributed by atoms with E-state index in [1.54, 1.807) is 12.1 Å². The minimum atomic E-state index is -0.552. The Balaban J connectivity index is 0.00000261. The molecule has 0 spiro atoms. The van der Waals surface area contributed by atoms with Gasteiger partial charge in [0.05, 0.1) is 7.11 Å². The second kappa shape index (κ2) is 9.06. The fourth-order valence-corrected chi connectivity index (χ4v) is 2.77. The first-order valence-electron chi connectivity index (χ1n) is 8.61. The number of rotatable bonds is 6. The molecule has 2 aromatic carbocycles. The highest BCUT2D eigenvalue weighted by molar-refractivity contribution is 5.92. The number of ether oxygens (including phenoxy) is 2. The summed E-state index contributed by atoms with van der Waals surface area (Å²) in [5.74, 6) is 0.586. The average molecular weight is 395 g/mol. The third kappa shape index (κ3) is 4.90. The van der Waals surface area contributed by atoms with Crippen molar-refractivity contribution in [1.82, 2.24) is 5.32 Å². The highest BCUT2D eigenvalue weighted by Crippen LogP contribution is 2.34. The molecule has 0 aromatic heterocycles. The zero-order valence-electron chi connectivity index (χ0n) is 15.5. The lowest BCUT2D eigenvalue weighted by atomic mass is 9.88. The fraction of sp³-hybridized carbons (Fsp3) is 0.350. The summed E-state index contributed by atoms with van der Waals surface area (Å²) >= 11 is 0. The Kier molecular flexibility index (Phi) is 7.05. The quantitative estimate of drug-likeness (QED) is 0.772. The number of hydrogen-bond donors (Lipinski definition) is 2. The van der Waals surface area contributed by atoms with Gasteiger partial charge in [-0.25, -0.2) is 4.39 Å². The summed E-state index contributed by atoms with van der Waals surface area (Å²) in [5.41, 5.74) is 1.43. The molecule has 7 heteroatoms. The smallest absolute Gasteiger partial charge is 0.227 e. The summed E-state index contributed by atoms with van der Waals surface area (Å²) in [6, 6.07) is 9.80. The number of methoxy groups -OCH3 is 1. The van der Waals surface area contributed by atoms with Crippen LogP contribution < -0.4 is 20.1 Å². The van der Waals surface area contributed by atoms with Gasteiger partial charge in [-0.15, -0.1) is 12.4 Å². The molecule has 1 heterocycles. The number of amides is 1. The van der Waals surface area contributed by atoms with Crippen LogP contribution in [0, 0.1) is 24.6 Å². The van der Waals surface area contributed by atoms with Gasteiger partial charge in [-0.2, -0.15) is 0 Å². The Labute approximate surface area is 164 Å². The van der Waals surface area contributed by atoms with Crippen LogP contribution in [0.25, 0.3) is 0 Å². The lowest BCUT2D eigenvalue weighted by molar-refractivity contribution is -0.121. The lowest BCUT2D eigenvalue weighted by Gasteiger charge is -2.31. The predicted molar refractivity (Wildman–Crippen MR) is 106 cm³/mol. The third-order valence-corrected chi connectivity index (χ3v) is 4.67. The van der Waals surface area contributed by atoms with E-state index in [1.165, 1.54) is 19.2 Å². The van der Waals surface area contributed by atoms with Gasteiger partial charge >= 0.3 is 0 Å². The van der Waals surface area contributed by atoms with E-state index in [1.807, 2.05) is 26.0 Å². The van der Waals surface area contributed by atoms with Gasteiger partial charge in [-0.1, -0.05) is 13.0 Å². The second-order valence-electron chi connectivity index (χ2n) is 6.60. The summed E-state index contributed by atoms with van der Waals surface area (Å²) in [5, 5.41) is 5.91. The molecule has 1 amide bonds. The molecule has 3 rings (SSSR count). The number of aryl methyl sites for hydroxylation is 1. The molecule has 0 bridgehead atoms. The molecule has 2 aromatic rings. The van der Waals surface area contributed by atoms with Crippen LogP contribution in [0.3, 0.4) is 0 Å². The van der Waals surface area contributed by atoms with Crippen molar-refractivity contribution in [3.05, 3.63) is 47.8 Å². The number of benzene rings is 2. The molecule has 1 fully saturated rings. The summed E-state index contributed by atoms with van der Waals surface area (Å²) in [7, 11) is 1.54. The monoisotopic (exact) mass is 394 g/mol. The molecule has 0 saturated carbocycles. The Morgan fingerprint density at radius 3 is 2.48 bits per heavy atom. The van der Waals surface area contributed by atoms with Gasteiger partial charge in [-0.05, 0) is 55.8 Å². The van der Waals surface area contributed by atoms with Crippen LogP contribution in [0.4, 0.5) is 10.1 Å². The Bertz CT molecular complexity index is 812. The molecule has 5 nitrogen and oxygen atoms in total. The van der Waals surface area contributed by atoms with Crippen molar-refractivity contribution < 1.29 is 18.7 Å². The first-order valence-corrected chi connectivity index (χ1v) is 8.61.